The number of aromatic amines is 1. The fourth-order valence-corrected chi connectivity index (χ4v) is 2.53. The number of hydrogen-bond acceptors (Lipinski definition) is 1. The summed E-state index contributed by atoms with van der Waals surface area (Å²) >= 11 is 0. The zero-order valence-corrected chi connectivity index (χ0v) is 16.1. The first-order chi connectivity index (χ1) is 10.3. The molecule has 122 valence electrons. The number of nitrogens with one attached hydrogen (secondary N) is 2. The molecule has 5 heteroatoms. The fraction of sp³-hybridized carbons (Fsp3) is 0.471. The zero-order valence-electron chi connectivity index (χ0n) is 13.7. The van der Waals surface area contributed by atoms with E-state index in [1.54, 1.807) is 0 Å². The van der Waals surface area contributed by atoms with Crippen LogP contribution in [0.5, 0.6) is 0 Å². The normalized spacial score (nSPS) is 11.3. The lowest BCUT2D eigenvalue weighted by Gasteiger charge is -2.21. The van der Waals surface area contributed by atoms with Gasteiger partial charge in [0.1, 0.15) is 0 Å². The van der Waals surface area contributed by atoms with Crippen LogP contribution < -0.4 is 5.32 Å². The predicted octanol–water partition coefficient (Wildman–Crippen LogP) is 3.64. The topological polar surface area (TPSA) is 43.4 Å². The Morgan fingerprint density at radius 1 is 1.32 bits per heavy atom. The third-order valence-electron chi connectivity index (χ3n) is 3.77. The van der Waals surface area contributed by atoms with Crippen molar-refractivity contribution < 1.29 is 0 Å². The van der Waals surface area contributed by atoms with Crippen LogP contribution in [0.1, 0.15) is 25.3 Å². The van der Waals surface area contributed by atoms with Crippen molar-refractivity contribution in [2.75, 3.05) is 27.2 Å². The Morgan fingerprint density at radius 3 is 2.82 bits per heavy atom. The maximum absolute atomic E-state index is 4.35. The third-order valence-corrected chi connectivity index (χ3v) is 3.77. The number of H-pyrrole nitrogens is 1. The SMILES string of the molecule is CCCCN(C)C(=NC)NCCc1c[nH]c2ccccc12.I. The summed E-state index contributed by atoms with van der Waals surface area (Å²) in [6, 6.07) is 8.43. The van der Waals surface area contributed by atoms with Crippen molar-refractivity contribution in [3.05, 3.63) is 36.0 Å². The molecule has 0 atom stereocenters. The monoisotopic (exact) mass is 414 g/mol. The van der Waals surface area contributed by atoms with Crippen molar-refractivity contribution in [2.24, 2.45) is 4.99 Å². The van der Waals surface area contributed by atoms with Gasteiger partial charge in [-0.25, -0.2) is 0 Å². The molecule has 4 nitrogen and oxygen atoms in total. The highest BCUT2D eigenvalue weighted by Gasteiger charge is 2.06. The summed E-state index contributed by atoms with van der Waals surface area (Å²) in [5.74, 6) is 0.975. The van der Waals surface area contributed by atoms with E-state index in [9.17, 15) is 0 Å². The Balaban J connectivity index is 0.00000242. The van der Waals surface area contributed by atoms with Crippen LogP contribution in [0.2, 0.25) is 0 Å². The van der Waals surface area contributed by atoms with Crippen LogP contribution in [0.3, 0.4) is 0 Å². The number of unbranched alkanes of at least 4 members (excludes halogenated alkanes) is 1. The minimum atomic E-state index is 0. The van der Waals surface area contributed by atoms with Gasteiger partial charge in [0.25, 0.3) is 0 Å². The van der Waals surface area contributed by atoms with Gasteiger partial charge in [-0.15, -0.1) is 24.0 Å². The highest BCUT2D eigenvalue weighted by atomic mass is 127. The van der Waals surface area contributed by atoms with Crippen LogP contribution in [-0.2, 0) is 6.42 Å². The number of rotatable bonds is 6. The Morgan fingerprint density at radius 2 is 2.09 bits per heavy atom. The Labute approximate surface area is 150 Å². The van der Waals surface area contributed by atoms with E-state index >= 15 is 0 Å². The van der Waals surface area contributed by atoms with Gasteiger partial charge in [-0.3, -0.25) is 4.99 Å². The number of aliphatic imine (C=N–C) groups is 1. The molecule has 0 saturated carbocycles. The van der Waals surface area contributed by atoms with Gasteiger partial charge >= 0.3 is 0 Å². The van der Waals surface area contributed by atoms with Gasteiger partial charge in [0.2, 0.25) is 0 Å². The molecule has 0 aliphatic rings. The highest BCUT2D eigenvalue weighted by molar-refractivity contribution is 14.0. The van der Waals surface area contributed by atoms with Crippen LogP contribution in [0.4, 0.5) is 0 Å². The maximum Gasteiger partial charge on any atom is 0.193 e. The summed E-state index contributed by atoms with van der Waals surface area (Å²) in [6.07, 6.45) is 5.50. The number of benzene rings is 1. The molecule has 1 aromatic carbocycles. The number of para-hydroxylation sites is 1. The molecule has 2 N–H and O–H groups in total. The van der Waals surface area contributed by atoms with Crippen LogP contribution in [0.25, 0.3) is 10.9 Å². The zero-order chi connectivity index (χ0) is 15.1. The average Bonchev–Trinajstić information content (AvgIpc) is 2.92. The standard InChI is InChI=1S/C17H26N4.HI/c1-4-5-12-21(3)17(18-2)19-11-10-14-13-20-16-9-7-6-8-15(14)16;/h6-9,13,20H,4-5,10-12H2,1-3H3,(H,18,19);1H. The quantitative estimate of drug-likeness (QED) is 0.431. The molecule has 0 unspecified atom stereocenters. The van der Waals surface area contributed by atoms with Crippen LogP contribution in [0.15, 0.2) is 35.5 Å². The van der Waals surface area contributed by atoms with Gasteiger partial charge in [0.15, 0.2) is 5.96 Å². The largest absolute Gasteiger partial charge is 0.361 e. The summed E-state index contributed by atoms with van der Waals surface area (Å²) < 4.78 is 0. The first kappa shape index (κ1) is 18.8. The van der Waals surface area contributed by atoms with Gasteiger partial charge in [0.05, 0.1) is 0 Å². The second-order valence-corrected chi connectivity index (χ2v) is 5.36. The predicted molar refractivity (Wildman–Crippen MR) is 106 cm³/mol. The smallest absolute Gasteiger partial charge is 0.193 e. The number of guanidine groups is 1. The van der Waals surface area contributed by atoms with Crippen molar-refractivity contribution in [3.8, 4) is 0 Å². The molecule has 2 aromatic rings. The van der Waals surface area contributed by atoms with Gasteiger partial charge in [-0.05, 0) is 24.5 Å². The van der Waals surface area contributed by atoms with Crippen molar-refractivity contribution in [2.45, 2.75) is 26.2 Å². The number of halogens is 1. The van der Waals surface area contributed by atoms with E-state index < -0.39 is 0 Å². The number of nitrogens with zero attached hydrogens (tertiary/aromatic N) is 2. The second-order valence-electron chi connectivity index (χ2n) is 5.36. The molecule has 0 fully saturated rings. The van der Waals surface area contributed by atoms with Crippen molar-refractivity contribution in [3.63, 3.8) is 0 Å². The van der Waals surface area contributed by atoms with Crippen molar-refractivity contribution in [1.29, 1.82) is 0 Å². The molecule has 0 aliphatic heterocycles. The van der Waals surface area contributed by atoms with Gasteiger partial charge < -0.3 is 15.2 Å². The molecule has 1 heterocycles. The van der Waals surface area contributed by atoms with Crippen molar-refractivity contribution >= 4 is 40.8 Å². The minimum Gasteiger partial charge on any atom is -0.361 e. The number of aromatic nitrogens is 1. The molecule has 0 amide bonds. The van der Waals surface area contributed by atoms with Gasteiger partial charge in [0, 0.05) is 44.3 Å². The fourth-order valence-electron chi connectivity index (χ4n) is 2.53. The average molecular weight is 414 g/mol. The van der Waals surface area contributed by atoms with Crippen molar-refractivity contribution in [1.82, 2.24) is 15.2 Å². The van der Waals surface area contributed by atoms with E-state index in [2.05, 4.69) is 64.6 Å². The Bertz CT molecular complexity index is 591. The van der Waals surface area contributed by atoms with E-state index in [4.69, 9.17) is 0 Å². The van der Waals surface area contributed by atoms with Crippen LogP contribution in [0, 0.1) is 0 Å². The molecule has 0 spiro atoms. The number of hydrogen-bond donors (Lipinski definition) is 2. The molecule has 2 rings (SSSR count). The van der Waals surface area contributed by atoms with Gasteiger partial charge in [-0.2, -0.15) is 0 Å². The molecular formula is C17H27IN4. The van der Waals surface area contributed by atoms with E-state index in [0.717, 1.165) is 25.5 Å². The van der Waals surface area contributed by atoms with Crippen LogP contribution in [-0.4, -0.2) is 43.0 Å². The molecular weight excluding hydrogens is 387 g/mol. The number of fused-ring (bicyclic) bond motifs is 1. The Hall–Kier alpha value is -1.24. The highest BCUT2D eigenvalue weighted by Crippen LogP contribution is 2.17. The van der Waals surface area contributed by atoms with E-state index in [0.29, 0.717) is 0 Å². The summed E-state index contributed by atoms with van der Waals surface area (Å²) in [6.45, 7) is 4.15. The molecule has 0 saturated heterocycles. The molecule has 0 radical (unpaired) electrons. The lowest BCUT2D eigenvalue weighted by Crippen LogP contribution is -2.40. The molecule has 1 aromatic heterocycles. The molecule has 22 heavy (non-hydrogen) atoms. The summed E-state index contributed by atoms with van der Waals surface area (Å²) in [7, 11) is 3.94. The third kappa shape index (κ3) is 4.90. The lowest BCUT2D eigenvalue weighted by molar-refractivity contribution is 0.465. The maximum atomic E-state index is 4.35. The summed E-state index contributed by atoms with van der Waals surface area (Å²) in [5.41, 5.74) is 2.56. The van der Waals surface area contributed by atoms with E-state index in [-0.39, 0.29) is 24.0 Å². The van der Waals surface area contributed by atoms with Gasteiger partial charge in [-0.1, -0.05) is 31.5 Å². The Kier molecular flexibility index (Phi) is 8.30. The second kappa shape index (κ2) is 9.71. The minimum absolute atomic E-state index is 0. The lowest BCUT2D eigenvalue weighted by atomic mass is 10.1. The van der Waals surface area contributed by atoms with E-state index in [1.807, 2.05) is 7.05 Å². The molecule has 0 aliphatic carbocycles. The summed E-state index contributed by atoms with van der Waals surface area (Å²) in [5, 5.41) is 4.76. The van der Waals surface area contributed by atoms with Crippen LogP contribution >= 0.6 is 24.0 Å². The summed E-state index contributed by atoms with van der Waals surface area (Å²) in [4.78, 5) is 9.86. The first-order valence-electron chi connectivity index (χ1n) is 7.73. The molecule has 0 bridgehead atoms. The van der Waals surface area contributed by atoms with E-state index in [1.165, 1.54) is 29.3 Å². The first-order valence-corrected chi connectivity index (χ1v) is 7.73.